The van der Waals surface area contributed by atoms with Gasteiger partial charge in [-0.25, -0.2) is 0 Å². The molecule has 17 heavy (non-hydrogen) atoms. The largest absolute Gasteiger partial charge is 0.323 e. The van der Waals surface area contributed by atoms with Crippen molar-refractivity contribution in [3.63, 3.8) is 0 Å². The van der Waals surface area contributed by atoms with Crippen LogP contribution in [0.25, 0.3) is 0 Å². The van der Waals surface area contributed by atoms with Crippen molar-refractivity contribution in [2.75, 3.05) is 0 Å². The fraction of sp³-hybridized carbons (Fsp3) is 0.286. The van der Waals surface area contributed by atoms with E-state index in [1.54, 1.807) is 11.3 Å². The van der Waals surface area contributed by atoms with Crippen molar-refractivity contribution in [1.82, 2.24) is 0 Å². The van der Waals surface area contributed by atoms with Crippen LogP contribution < -0.4 is 5.73 Å². The first-order chi connectivity index (χ1) is 8.19. The zero-order valence-electron chi connectivity index (χ0n) is 9.82. The fourth-order valence-electron chi connectivity index (χ4n) is 1.79. The lowest BCUT2D eigenvalue weighted by Gasteiger charge is -2.09. The molecule has 2 N–H and O–H groups in total. The van der Waals surface area contributed by atoms with Crippen molar-refractivity contribution in [1.29, 1.82) is 0 Å². The molecule has 0 aliphatic heterocycles. The van der Waals surface area contributed by atoms with Crippen molar-refractivity contribution >= 4 is 27.3 Å². The average Bonchev–Trinajstić information content (AvgIpc) is 2.77. The van der Waals surface area contributed by atoms with Crippen LogP contribution in [0, 0.1) is 0 Å². The highest BCUT2D eigenvalue weighted by Gasteiger charge is 2.09. The second-order valence-electron chi connectivity index (χ2n) is 4.15. The molecule has 0 spiro atoms. The van der Waals surface area contributed by atoms with Crippen molar-refractivity contribution in [2.24, 2.45) is 5.73 Å². The Hall–Kier alpha value is -0.640. The lowest BCUT2D eigenvalue weighted by atomic mass is 10.0. The van der Waals surface area contributed by atoms with Crippen molar-refractivity contribution in [3.8, 4) is 0 Å². The zero-order chi connectivity index (χ0) is 12.3. The van der Waals surface area contributed by atoms with Gasteiger partial charge in [-0.2, -0.15) is 0 Å². The predicted molar refractivity (Wildman–Crippen MR) is 78.5 cm³/mol. The molecular weight excluding hydrogens is 294 g/mol. The molecule has 0 saturated carbocycles. The highest BCUT2D eigenvalue weighted by molar-refractivity contribution is 9.10. The second-order valence-corrected chi connectivity index (χ2v) is 6.01. The van der Waals surface area contributed by atoms with Crippen LogP contribution in [0.15, 0.2) is 40.2 Å². The Morgan fingerprint density at radius 1 is 1.24 bits per heavy atom. The zero-order valence-corrected chi connectivity index (χ0v) is 12.2. The molecule has 1 aromatic carbocycles. The van der Waals surface area contributed by atoms with E-state index in [1.807, 2.05) is 0 Å². The molecule has 0 fully saturated rings. The number of benzene rings is 1. The summed E-state index contributed by atoms with van der Waals surface area (Å²) in [6.45, 7) is 2.17. The van der Waals surface area contributed by atoms with Gasteiger partial charge in [0.05, 0.1) is 0 Å². The highest BCUT2D eigenvalue weighted by Crippen LogP contribution is 2.26. The number of thiophene rings is 1. The summed E-state index contributed by atoms with van der Waals surface area (Å²) in [5.74, 6) is 0. The lowest BCUT2D eigenvalue weighted by molar-refractivity contribution is 0.736. The SMILES string of the molecule is CCc1ccc(CC(N)c2cc(Br)cs2)cc1. The lowest BCUT2D eigenvalue weighted by Crippen LogP contribution is -2.11. The number of hydrogen-bond acceptors (Lipinski definition) is 2. The second kappa shape index (κ2) is 5.80. The first-order valence-corrected chi connectivity index (χ1v) is 7.43. The van der Waals surface area contributed by atoms with E-state index in [0.29, 0.717) is 0 Å². The molecule has 1 aromatic heterocycles. The molecule has 0 saturated heterocycles. The van der Waals surface area contributed by atoms with Gasteiger partial charge in [0.15, 0.2) is 0 Å². The number of halogens is 1. The van der Waals surface area contributed by atoms with Crippen molar-refractivity contribution in [3.05, 3.63) is 56.2 Å². The van der Waals surface area contributed by atoms with Crippen LogP contribution in [-0.4, -0.2) is 0 Å². The van der Waals surface area contributed by atoms with Gasteiger partial charge in [0, 0.05) is 20.8 Å². The van der Waals surface area contributed by atoms with Crippen LogP contribution in [0.2, 0.25) is 0 Å². The summed E-state index contributed by atoms with van der Waals surface area (Å²) in [4.78, 5) is 1.23. The maximum absolute atomic E-state index is 6.20. The van der Waals surface area contributed by atoms with Gasteiger partial charge >= 0.3 is 0 Å². The first-order valence-electron chi connectivity index (χ1n) is 5.76. The third kappa shape index (κ3) is 3.41. The van der Waals surface area contributed by atoms with Crippen LogP contribution in [0.5, 0.6) is 0 Å². The van der Waals surface area contributed by atoms with Crippen LogP contribution in [0.3, 0.4) is 0 Å². The normalized spacial score (nSPS) is 12.6. The summed E-state index contributed by atoms with van der Waals surface area (Å²) in [7, 11) is 0. The van der Waals surface area contributed by atoms with Gasteiger partial charge in [-0.15, -0.1) is 11.3 Å². The molecule has 1 atom stereocenters. The Bertz CT molecular complexity index is 475. The number of rotatable bonds is 4. The smallest absolute Gasteiger partial charge is 0.0431 e. The summed E-state index contributed by atoms with van der Waals surface area (Å²) in [6, 6.07) is 10.9. The summed E-state index contributed by atoms with van der Waals surface area (Å²) in [5.41, 5.74) is 8.88. The minimum Gasteiger partial charge on any atom is -0.323 e. The quantitative estimate of drug-likeness (QED) is 0.894. The molecule has 1 nitrogen and oxygen atoms in total. The molecule has 0 radical (unpaired) electrons. The third-order valence-corrected chi connectivity index (χ3v) is 4.67. The van der Waals surface area contributed by atoms with Crippen LogP contribution in [0.1, 0.15) is 29.0 Å². The molecule has 2 rings (SSSR count). The van der Waals surface area contributed by atoms with Crippen molar-refractivity contribution in [2.45, 2.75) is 25.8 Å². The van der Waals surface area contributed by atoms with E-state index in [9.17, 15) is 0 Å². The Kier molecular flexibility index (Phi) is 4.37. The molecule has 0 amide bonds. The molecule has 0 bridgehead atoms. The topological polar surface area (TPSA) is 26.0 Å². The molecule has 3 heteroatoms. The monoisotopic (exact) mass is 309 g/mol. The Balaban J connectivity index is 2.04. The molecule has 1 heterocycles. The summed E-state index contributed by atoms with van der Waals surface area (Å²) < 4.78 is 1.12. The summed E-state index contributed by atoms with van der Waals surface area (Å²) in [5, 5.41) is 2.08. The molecule has 2 aromatic rings. The van der Waals surface area contributed by atoms with E-state index in [0.717, 1.165) is 17.3 Å². The van der Waals surface area contributed by atoms with Gasteiger partial charge in [0.25, 0.3) is 0 Å². The molecule has 0 aliphatic rings. The molecule has 0 aliphatic carbocycles. The van der Waals surface area contributed by atoms with E-state index in [-0.39, 0.29) is 6.04 Å². The van der Waals surface area contributed by atoms with Gasteiger partial charge in [0.2, 0.25) is 0 Å². The minimum atomic E-state index is 0.0961. The Morgan fingerprint density at radius 2 is 1.88 bits per heavy atom. The van der Waals surface area contributed by atoms with Crippen LogP contribution in [-0.2, 0) is 12.8 Å². The predicted octanol–water partition coefficient (Wildman–Crippen LogP) is 4.32. The average molecular weight is 310 g/mol. The number of hydrogen-bond donors (Lipinski definition) is 1. The minimum absolute atomic E-state index is 0.0961. The molecular formula is C14H16BrNS. The molecule has 90 valence electrons. The maximum atomic E-state index is 6.20. The van der Waals surface area contributed by atoms with Crippen LogP contribution in [0.4, 0.5) is 0 Å². The van der Waals surface area contributed by atoms with E-state index < -0.39 is 0 Å². The van der Waals surface area contributed by atoms with Gasteiger partial charge in [0.1, 0.15) is 0 Å². The third-order valence-electron chi connectivity index (χ3n) is 2.84. The van der Waals surface area contributed by atoms with Crippen LogP contribution >= 0.6 is 27.3 Å². The fourth-order valence-corrected chi connectivity index (χ4v) is 3.24. The van der Waals surface area contributed by atoms with E-state index in [2.05, 4.69) is 58.6 Å². The van der Waals surface area contributed by atoms with E-state index >= 15 is 0 Å². The van der Waals surface area contributed by atoms with Crippen molar-refractivity contribution < 1.29 is 0 Å². The highest BCUT2D eigenvalue weighted by atomic mass is 79.9. The molecule has 1 unspecified atom stereocenters. The maximum Gasteiger partial charge on any atom is 0.0431 e. The van der Waals surface area contributed by atoms with E-state index in [4.69, 9.17) is 5.73 Å². The number of nitrogens with two attached hydrogens (primary N) is 1. The number of aryl methyl sites for hydroxylation is 1. The van der Waals surface area contributed by atoms with Gasteiger partial charge in [-0.05, 0) is 46.0 Å². The van der Waals surface area contributed by atoms with Gasteiger partial charge in [-0.3, -0.25) is 0 Å². The summed E-state index contributed by atoms with van der Waals surface area (Å²) in [6.07, 6.45) is 1.99. The van der Waals surface area contributed by atoms with Gasteiger partial charge in [-0.1, -0.05) is 31.2 Å². The Labute approximate surface area is 115 Å². The summed E-state index contributed by atoms with van der Waals surface area (Å²) >= 11 is 5.17. The standard InChI is InChI=1S/C14H16BrNS/c1-2-10-3-5-11(6-4-10)7-13(16)14-8-12(15)9-17-14/h3-6,8-9,13H,2,7,16H2,1H3. The Morgan fingerprint density at radius 3 is 2.41 bits per heavy atom. The first kappa shape index (κ1) is 12.8. The van der Waals surface area contributed by atoms with Gasteiger partial charge < -0.3 is 5.73 Å². The van der Waals surface area contributed by atoms with E-state index in [1.165, 1.54) is 16.0 Å².